The van der Waals surface area contributed by atoms with Gasteiger partial charge in [0.15, 0.2) is 0 Å². The molecule has 19 heavy (non-hydrogen) atoms. The molecular weight excluding hydrogens is 254 g/mol. The zero-order valence-corrected chi connectivity index (χ0v) is 13.4. The second-order valence-electron chi connectivity index (χ2n) is 5.33. The van der Waals surface area contributed by atoms with Gasteiger partial charge in [0.2, 0.25) is 0 Å². The predicted molar refractivity (Wildman–Crippen MR) is 86.0 cm³/mol. The molecule has 1 unspecified atom stereocenters. The van der Waals surface area contributed by atoms with Gasteiger partial charge in [-0.15, -0.1) is 0 Å². The van der Waals surface area contributed by atoms with Crippen LogP contribution in [0.2, 0.25) is 5.02 Å². The van der Waals surface area contributed by atoms with E-state index in [1.165, 1.54) is 43.2 Å². The lowest BCUT2D eigenvalue weighted by atomic mass is 9.98. The molecule has 1 atom stereocenters. The van der Waals surface area contributed by atoms with E-state index < -0.39 is 0 Å². The second kappa shape index (κ2) is 9.39. The van der Waals surface area contributed by atoms with E-state index in [0.717, 1.165) is 18.0 Å². The second-order valence-corrected chi connectivity index (χ2v) is 5.71. The van der Waals surface area contributed by atoms with Crippen LogP contribution in [0.3, 0.4) is 0 Å². The first kappa shape index (κ1) is 16.5. The normalized spacial score (nSPS) is 12.6. The Morgan fingerprint density at radius 3 is 2.58 bits per heavy atom. The third-order valence-corrected chi connectivity index (χ3v) is 4.10. The van der Waals surface area contributed by atoms with Crippen LogP contribution in [0.15, 0.2) is 18.2 Å². The van der Waals surface area contributed by atoms with Gasteiger partial charge in [0.1, 0.15) is 0 Å². The van der Waals surface area contributed by atoms with Crippen LogP contribution in [0.1, 0.15) is 69.5 Å². The quantitative estimate of drug-likeness (QED) is 0.576. The van der Waals surface area contributed by atoms with Crippen molar-refractivity contribution < 1.29 is 0 Å². The van der Waals surface area contributed by atoms with Gasteiger partial charge in [-0.1, -0.05) is 69.3 Å². The molecule has 0 aliphatic carbocycles. The van der Waals surface area contributed by atoms with Crippen molar-refractivity contribution in [3.63, 3.8) is 0 Å². The lowest BCUT2D eigenvalue weighted by Crippen LogP contribution is -2.22. The number of aryl methyl sites for hydroxylation is 1. The topological polar surface area (TPSA) is 12.0 Å². The molecule has 0 radical (unpaired) electrons. The molecule has 0 aliphatic heterocycles. The Labute approximate surface area is 123 Å². The Balaban J connectivity index is 2.69. The summed E-state index contributed by atoms with van der Waals surface area (Å²) < 4.78 is 0. The molecule has 1 nitrogen and oxygen atoms in total. The smallest absolute Gasteiger partial charge is 0.0482 e. The van der Waals surface area contributed by atoms with Gasteiger partial charge in [0, 0.05) is 11.1 Å². The van der Waals surface area contributed by atoms with Crippen molar-refractivity contribution in [1.82, 2.24) is 5.32 Å². The molecule has 0 saturated carbocycles. The highest BCUT2D eigenvalue weighted by atomic mass is 35.5. The Hall–Kier alpha value is -0.530. The third kappa shape index (κ3) is 5.54. The zero-order valence-electron chi connectivity index (χ0n) is 12.6. The maximum Gasteiger partial charge on any atom is 0.0482 e. The van der Waals surface area contributed by atoms with Gasteiger partial charge in [-0.2, -0.15) is 0 Å². The van der Waals surface area contributed by atoms with Gasteiger partial charge in [0.25, 0.3) is 0 Å². The fourth-order valence-corrected chi connectivity index (χ4v) is 2.66. The van der Waals surface area contributed by atoms with Crippen LogP contribution >= 0.6 is 11.6 Å². The summed E-state index contributed by atoms with van der Waals surface area (Å²) in [5.41, 5.74) is 2.45. The number of benzene rings is 1. The molecule has 2 heteroatoms. The van der Waals surface area contributed by atoms with E-state index in [4.69, 9.17) is 11.6 Å². The van der Waals surface area contributed by atoms with E-state index >= 15 is 0 Å². The van der Waals surface area contributed by atoms with E-state index in [1.807, 2.05) is 0 Å². The minimum absolute atomic E-state index is 0.407. The molecule has 0 aromatic heterocycles. The van der Waals surface area contributed by atoms with Gasteiger partial charge in [0.05, 0.1) is 0 Å². The standard InChI is InChI=1S/C17H28ClN/c1-4-6-7-8-12-16(19-13-5-2)15-11-9-10-14(3)17(15)18/h9-11,16,19H,4-8,12-13H2,1-3H3. The molecular formula is C17H28ClN. The van der Waals surface area contributed by atoms with Crippen LogP contribution in [0, 0.1) is 6.92 Å². The fraction of sp³-hybridized carbons (Fsp3) is 0.647. The molecule has 0 heterocycles. The minimum Gasteiger partial charge on any atom is -0.310 e. The number of halogens is 1. The van der Waals surface area contributed by atoms with Crippen molar-refractivity contribution >= 4 is 11.6 Å². The van der Waals surface area contributed by atoms with Crippen LogP contribution in [-0.4, -0.2) is 6.54 Å². The van der Waals surface area contributed by atoms with E-state index in [1.54, 1.807) is 0 Å². The van der Waals surface area contributed by atoms with Crippen molar-refractivity contribution in [2.24, 2.45) is 0 Å². The summed E-state index contributed by atoms with van der Waals surface area (Å²) in [7, 11) is 0. The van der Waals surface area contributed by atoms with Crippen molar-refractivity contribution in [3.8, 4) is 0 Å². The molecule has 108 valence electrons. The van der Waals surface area contributed by atoms with Gasteiger partial charge >= 0.3 is 0 Å². The van der Waals surface area contributed by atoms with Crippen molar-refractivity contribution in [2.75, 3.05) is 6.54 Å². The Kier molecular flexibility index (Phi) is 8.16. The summed E-state index contributed by atoms with van der Waals surface area (Å²) >= 11 is 6.47. The predicted octanol–water partition coefficient (Wildman–Crippen LogP) is 5.66. The monoisotopic (exact) mass is 281 g/mol. The Morgan fingerprint density at radius 2 is 1.89 bits per heavy atom. The maximum atomic E-state index is 6.47. The van der Waals surface area contributed by atoms with Gasteiger partial charge in [-0.05, 0) is 37.4 Å². The van der Waals surface area contributed by atoms with E-state index in [-0.39, 0.29) is 0 Å². The number of unbranched alkanes of at least 4 members (excludes halogenated alkanes) is 3. The van der Waals surface area contributed by atoms with Gasteiger partial charge in [-0.3, -0.25) is 0 Å². The van der Waals surface area contributed by atoms with Crippen molar-refractivity contribution in [2.45, 2.75) is 65.3 Å². The fourth-order valence-electron chi connectivity index (χ4n) is 2.40. The van der Waals surface area contributed by atoms with Crippen LogP contribution in [0.4, 0.5) is 0 Å². The maximum absolute atomic E-state index is 6.47. The molecule has 0 amide bonds. The molecule has 0 bridgehead atoms. The van der Waals surface area contributed by atoms with E-state index in [2.05, 4.69) is 44.3 Å². The lowest BCUT2D eigenvalue weighted by molar-refractivity contribution is 0.470. The highest BCUT2D eigenvalue weighted by molar-refractivity contribution is 6.32. The molecule has 1 aromatic rings. The molecule has 0 fully saturated rings. The summed E-state index contributed by atoms with van der Waals surface area (Å²) in [5.74, 6) is 0. The summed E-state index contributed by atoms with van der Waals surface area (Å²) in [6.07, 6.45) is 7.57. The number of hydrogen-bond acceptors (Lipinski definition) is 1. The Morgan fingerprint density at radius 1 is 1.11 bits per heavy atom. The van der Waals surface area contributed by atoms with Crippen molar-refractivity contribution in [1.29, 1.82) is 0 Å². The van der Waals surface area contributed by atoms with Gasteiger partial charge in [-0.25, -0.2) is 0 Å². The van der Waals surface area contributed by atoms with E-state index in [9.17, 15) is 0 Å². The van der Waals surface area contributed by atoms with E-state index in [0.29, 0.717) is 6.04 Å². The Bertz CT molecular complexity index is 362. The SMILES string of the molecule is CCCCCCC(NCCC)c1cccc(C)c1Cl. The van der Waals surface area contributed by atoms with Crippen LogP contribution in [0.5, 0.6) is 0 Å². The first-order valence-electron chi connectivity index (χ1n) is 7.69. The first-order chi connectivity index (χ1) is 9.20. The summed E-state index contributed by atoms with van der Waals surface area (Å²) in [5, 5.41) is 4.58. The highest BCUT2D eigenvalue weighted by Crippen LogP contribution is 2.29. The molecule has 0 aliphatic rings. The zero-order chi connectivity index (χ0) is 14.1. The third-order valence-electron chi connectivity index (χ3n) is 3.58. The van der Waals surface area contributed by atoms with Gasteiger partial charge < -0.3 is 5.32 Å². The summed E-state index contributed by atoms with van der Waals surface area (Å²) in [6, 6.07) is 6.77. The average Bonchev–Trinajstić information content (AvgIpc) is 2.42. The first-order valence-corrected chi connectivity index (χ1v) is 8.06. The van der Waals surface area contributed by atoms with Crippen molar-refractivity contribution in [3.05, 3.63) is 34.3 Å². The molecule has 1 N–H and O–H groups in total. The number of nitrogens with one attached hydrogen (secondary N) is 1. The summed E-state index contributed by atoms with van der Waals surface area (Å²) in [4.78, 5) is 0. The number of hydrogen-bond donors (Lipinski definition) is 1. The van der Waals surface area contributed by atoms with Crippen LogP contribution < -0.4 is 5.32 Å². The summed E-state index contributed by atoms with van der Waals surface area (Å²) in [6.45, 7) is 7.60. The highest BCUT2D eigenvalue weighted by Gasteiger charge is 2.14. The minimum atomic E-state index is 0.407. The number of rotatable bonds is 9. The molecule has 1 aromatic carbocycles. The molecule has 0 saturated heterocycles. The lowest BCUT2D eigenvalue weighted by Gasteiger charge is -2.21. The molecule has 0 spiro atoms. The largest absolute Gasteiger partial charge is 0.310 e. The van der Waals surface area contributed by atoms with Crippen LogP contribution in [-0.2, 0) is 0 Å². The average molecular weight is 282 g/mol. The van der Waals surface area contributed by atoms with Crippen LogP contribution in [0.25, 0.3) is 0 Å². The molecule has 1 rings (SSSR count).